The number of pyridine rings is 1. The molecule has 0 fully saturated rings. The predicted molar refractivity (Wildman–Crippen MR) is 82.6 cm³/mol. The Hall–Kier alpha value is -1.21. The molecule has 1 heterocycles. The molecule has 0 amide bonds. The number of rotatable bonds is 3. The Morgan fingerprint density at radius 3 is 2.76 bits per heavy atom. The lowest BCUT2D eigenvalue weighted by molar-refractivity contribution is 1.29. The van der Waals surface area contributed by atoms with Crippen LogP contribution < -0.4 is 11.1 Å². The summed E-state index contributed by atoms with van der Waals surface area (Å²) < 4.78 is 1.15. The molecule has 1 aromatic carbocycles. The largest absolute Gasteiger partial charge is 0.388 e. The van der Waals surface area contributed by atoms with Crippen molar-refractivity contribution >= 4 is 51.2 Å². The highest BCUT2D eigenvalue weighted by Crippen LogP contribution is 2.22. The molecule has 0 aliphatic carbocycles. The normalized spacial score (nSPS) is 9.94. The van der Waals surface area contributed by atoms with E-state index in [1.54, 1.807) is 6.20 Å². The molecule has 0 spiro atoms. The van der Waals surface area contributed by atoms with Crippen LogP contribution in [0.5, 0.6) is 0 Å². The van der Waals surface area contributed by atoms with E-state index >= 15 is 0 Å². The molecule has 3 nitrogen and oxygen atoms in total. The van der Waals surface area contributed by atoms with Gasteiger partial charge in [-0.3, -0.25) is 4.98 Å². The van der Waals surface area contributed by atoms with Gasteiger partial charge in [0.25, 0.3) is 0 Å². The number of anilines is 2. The molecular weight excluding hydrogens is 345 g/mol. The van der Waals surface area contributed by atoms with Crippen LogP contribution in [0.15, 0.2) is 42.6 Å². The topological polar surface area (TPSA) is 50.9 Å². The minimum atomic E-state index is 0.302. The Kier molecular flexibility index (Phi) is 3.90. The number of para-hydroxylation sites is 1. The first-order valence-electron chi connectivity index (χ1n) is 4.94. The van der Waals surface area contributed by atoms with Crippen molar-refractivity contribution in [3.05, 3.63) is 51.9 Å². The van der Waals surface area contributed by atoms with Gasteiger partial charge in [-0.1, -0.05) is 24.4 Å². The van der Waals surface area contributed by atoms with E-state index in [0.717, 1.165) is 14.9 Å². The van der Waals surface area contributed by atoms with Crippen LogP contribution in [0.1, 0.15) is 5.69 Å². The summed E-state index contributed by atoms with van der Waals surface area (Å²) in [6.07, 6.45) is 1.69. The molecule has 5 heteroatoms. The van der Waals surface area contributed by atoms with E-state index in [-0.39, 0.29) is 0 Å². The Bertz CT molecular complexity index is 557. The summed E-state index contributed by atoms with van der Waals surface area (Å²) in [5.41, 5.74) is 8.14. The molecule has 0 bridgehead atoms. The van der Waals surface area contributed by atoms with Gasteiger partial charge in [0.05, 0.1) is 11.4 Å². The predicted octanol–water partition coefficient (Wildman–Crippen LogP) is 3.06. The van der Waals surface area contributed by atoms with E-state index in [0.29, 0.717) is 10.7 Å². The molecule has 3 N–H and O–H groups in total. The van der Waals surface area contributed by atoms with Crippen molar-refractivity contribution in [3.63, 3.8) is 0 Å². The van der Waals surface area contributed by atoms with Crippen molar-refractivity contribution in [1.82, 2.24) is 4.98 Å². The van der Waals surface area contributed by atoms with Crippen molar-refractivity contribution in [2.75, 3.05) is 5.32 Å². The number of nitrogens with zero attached hydrogens (tertiary/aromatic N) is 1. The van der Waals surface area contributed by atoms with E-state index in [1.807, 2.05) is 36.4 Å². The Morgan fingerprint density at radius 2 is 2.06 bits per heavy atom. The molecule has 0 atom stereocenters. The Balaban J connectivity index is 2.28. The highest BCUT2D eigenvalue weighted by atomic mass is 127. The highest BCUT2D eigenvalue weighted by Gasteiger charge is 2.02. The summed E-state index contributed by atoms with van der Waals surface area (Å²) in [6, 6.07) is 11.8. The monoisotopic (exact) mass is 355 g/mol. The fraction of sp³-hybridized carbons (Fsp3) is 0. The number of benzene rings is 1. The van der Waals surface area contributed by atoms with Crippen molar-refractivity contribution in [2.45, 2.75) is 0 Å². The second-order valence-corrected chi connectivity index (χ2v) is 5.00. The number of hydrogen-bond acceptors (Lipinski definition) is 3. The maximum absolute atomic E-state index is 5.55. The van der Waals surface area contributed by atoms with Crippen LogP contribution in [0.2, 0.25) is 0 Å². The van der Waals surface area contributed by atoms with Gasteiger partial charge in [0, 0.05) is 15.5 Å². The van der Waals surface area contributed by atoms with Gasteiger partial charge in [-0.2, -0.15) is 0 Å². The quantitative estimate of drug-likeness (QED) is 0.656. The van der Waals surface area contributed by atoms with Gasteiger partial charge < -0.3 is 11.1 Å². The standard InChI is InChI=1S/C12H10IN3S/c13-9-3-1-2-4-10(9)16-8-5-6-15-11(7-8)12(14)17/h1-7H,(H2,14,17)(H,15,16). The van der Waals surface area contributed by atoms with Crippen molar-refractivity contribution in [1.29, 1.82) is 0 Å². The van der Waals surface area contributed by atoms with Crippen LogP contribution in [0.4, 0.5) is 11.4 Å². The van der Waals surface area contributed by atoms with Crippen molar-refractivity contribution < 1.29 is 0 Å². The average Bonchev–Trinajstić information content (AvgIpc) is 2.32. The smallest absolute Gasteiger partial charge is 0.122 e. The van der Waals surface area contributed by atoms with Crippen LogP contribution in [0.25, 0.3) is 0 Å². The minimum absolute atomic E-state index is 0.302. The van der Waals surface area contributed by atoms with E-state index < -0.39 is 0 Å². The van der Waals surface area contributed by atoms with Crippen molar-refractivity contribution in [2.24, 2.45) is 5.73 Å². The van der Waals surface area contributed by atoms with Crippen LogP contribution in [-0.4, -0.2) is 9.97 Å². The SMILES string of the molecule is NC(=S)c1cc(Nc2ccccc2I)ccn1. The molecule has 0 aliphatic heterocycles. The minimum Gasteiger partial charge on any atom is -0.388 e. The summed E-state index contributed by atoms with van der Waals surface area (Å²) in [4.78, 5) is 4.40. The van der Waals surface area contributed by atoms with Gasteiger partial charge in [-0.15, -0.1) is 0 Å². The number of nitrogens with two attached hydrogens (primary N) is 1. The Labute approximate surface area is 119 Å². The molecule has 2 aromatic rings. The van der Waals surface area contributed by atoms with Crippen molar-refractivity contribution in [3.8, 4) is 0 Å². The summed E-state index contributed by atoms with van der Waals surface area (Å²) in [5.74, 6) is 0. The highest BCUT2D eigenvalue weighted by molar-refractivity contribution is 14.1. The second-order valence-electron chi connectivity index (χ2n) is 3.40. The molecule has 0 aliphatic rings. The van der Waals surface area contributed by atoms with Crippen LogP contribution in [-0.2, 0) is 0 Å². The first-order valence-corrected chi connectivity index (χ1v) is 6.43. The lowest BCUT2D eigenvalue weighted by atomic mass is 10.2. The fourth-order valence-electron chi connectivity index (χ4n) is 1.36. The maximum atomic E-state index is 5.55. The van der Waals surface area contributed by atoms with Gasteiger partial charge in [0.1, 0.15) is 4.99 Å². The molecule has 0 saturated carbocycles. The number of halogens is 1. The van der Waals surface area contributed by atoms with Crippen LogP contribution in [0, 0.1) is 3.57 Å². The molecule has 0 saturated heterocycles. The molecule has 17 heavy (non-hydrogen) atoms. The molecule has 86 valence electrons. The zero-order valence-electron chi connectivity index (χ0n) is 8.85. The van der Waals surface area contributed by atoms with Gasteiger partial charge in [-0.25, -0.2) is 0 Å². The molecule has 0 radical (unpaired) electrons. The molecule has 2 rings (SSSR count). The van der Waals surface area contributed by atoms with Crippen LogP contribution in [0.3, 0.4) is 0 Å². The van der Waals surface area contributed by atoms with E-state index in [1.165, 1.54) is 0 Å². The molecular formula is C12H10IN3S. The fourth-order valence-corrected chi connectivity index (χ4v) is 1.99. The van der Waals surface area contributed by atoms with E-state index in [4.69, 9.17) is 18.0 Å². The number of nitrogens with one attached hydrogen (secondary N) is 1. The molecule has 1 aromatic heterocycles. The average molecular weight is 355 g/mol. The third-order valence-corrected chi connectivity index (χ3v) is 3.32. The van der Waals surface area contributed by atoms with Gasteiger partial charge in [-0.05, 0) is 46.9 Å². The van der Waals surface area contributed by atoms with Crippen LogP contribution >= 0.6 is 34.8 Å². The van der Waals surface area contributed by atoms with Gasteiger partial charge in [0.2, 0.25) is 0 Å². The summed E-state index contributed by atoms with van der Waals surface area (Å²) in [6.45, 7) is 0. The van der Waals surface area contributed by atoms with Gasteiger partial charge in [0.15, 0.2) is 0 Å². The number of hydrogen-bond donors (Lipinski definition) is 2. The number of thiocarbonyl (C=S) groups is 1. The zero-order valence-corrected chi connectivity index (χ0v) is 11.8. The number of aromatic nitrogens is 1. The zero-order chi connectivity index (χ0) is 12.3. The third kappa shape index (κ3) is 3.13. The first kappa shape index (κ1) is 12.3. The lowest BCUT2D eigenvalue weighted by Crippen LogP contribution is -2.11. The summed E-state index contributed by atoms with van der Waals surface area (Å²) in [5, 5.41) is 3.30. The molecule has 0 unspecified atom stereocenters. The van der Waals surface area contributed by atoms with E-state index in [9.17, 15) is 0 Å². The lowest BCUT2D eigenvalue weighted by Gasteiger charge is -2.09. The first-order chi connectivity index (χ1) is 8.16. The maximum Gasteiger partial charge on any atom is 0.122 e. The Morgan fingerprint density at radius 1 is 1.29 bits per heavy atom. The summed E-state index contributed by atoms with van der Waals surface area (Å²) in [7, 11) is 0. The second kappa shape index (κ2) is 5.42. The van der Waals surface area contributed by atoms with E-state index in [2.05, 4.69) is 32.9 Å². The summed E-state index contributed by atoms with van der Waals surface area (Å²) >= 11 is 7.18. The third-order valence-electron chi connectivity index (χ3n) is 2.17. The van der Waals surface area contributed by atoms with Gasteiger partial charge >= 0.3 is 0 Å².